The third-order valence-corrected chi connectivity index (χ3v) is 6.59. The number of imidazole rings is 1. The first kappa shape index (κ1) is 27.4. The number of pyridine rings is 1. The van der Waals surface area contributed by atoms with E-state index in [1.54, 1.807) is 0 Å². The smallest absolute Gasteiger partial charge is 0.387 e. The summed E-state index contributed by atoms with van der Waals surface area (Å²) in [6, 6.07) is 1.36. The number of aliphatic hydroxyl groups excluding tert-OH is 1. The van der Waals surface area contributed by atoms with E-state index in [1.165, 1.54) is 26.1 Å². The van der Waals surface area contributed by atoms with Gasteiger partial charge in [-0.15, -0.1) is 5.10 Å². The average Bonchev–Trinajstić information content (AvgIpc) is 3.37. The Kier molecular flexibility index (Phi) is 6.71. The fourth-order valence-corrected chi connectivity index (χ4v) is 4.74. The molecule has 5 heterocycles. The number of carbonyl (C=O) groups is 1. The topological polar surface area (TPSA) is 126 Å². The van der Waals surface area contributed by atoms with E-state index >= 15 is 4.39 Å². The van der Waals surface area contributed by atoms with Crippen LogP contribution in [0.4, 0.5) is 38.1 Å². The average molecular weight is 571 g/mol. The van der Waals surface area contributed by atoms with Crippen LogP contribution in [0, 0.1) is 12.7 Å². The highest BCUT2D eigenvalue weighted by molar-refractivity contribution is 5.89. The van der Waals surface area contributed by atoms with Gasteiger partial charge in [0.25, 0.3) is 5.92 Å². The van der Waals surface area contributed by atoms with Crippen molar-refractivity contribution in [3.8, 4) is 11.3 Å². The van der Waals surface area contributed by atoms with Crippen LogP contribution in [0.2, 0.25) is 0 Å². The number of carbonyl (C=O) groups excluding carboxylic acids is 1. The quantitative estimate of drug-likeness (QED) is 0.302. The predicted molar refractivity (Wildman–Crippen MR) is 130 cm³/mol. The lowest BCUT2D eigenvalue weighted by Gasteiger charge is -2.38. The highest BCUT2D eigenvalue weighted by Crippen LogP contribution is 2.35. The summed E-state index contributed by atoms with van der Waals surface area (Å²) >= 11 is 0. The van der Waals surface area contributed by atoms with Crippen molar-refractivity contribution in [1.29, 1.82) is 0 Å². The van der Waals surface area contributed by atoms with Crippen molar-refractivity contribution in [1.82, 2.24) is 34.0 Å². The number of aryl methyl sites for hydroxylation is 1. The largest absolute Gasteiger partial charge is 0.406 e. The second-order valence-corrected chi connectivity index (χ2v) is 9.30. The highest BCUT2D eigenvalue weighted by atomic mass is 19.4. The molecule has 17 heteroatoms. The molecule has 1 saturated heterocycles. The van der Waals surface area contributed by atoms with Crippen molar-refractivity contribution >= 4 is 34.4 Å². The second kappa shape index (κ2) is 9.79. The molecule has 40 heavy (non-hydrogen) atoms. The number of likely N-dealkylation sites (tertiary alicyclic amines) is 1. The standard InChI is InChI=1S/C23H23F6N9O2/c1-11-31-14-4-3-13(32-20(14)37(11)10-23(27,28)29)17-12(24)7-38-18(17)19(30-2)34-21(35-38)33-15-5-6-36(16(40)8-39)9-22(15,25)26/h3-4,7,15,39H,5-6,8-10H2,1-2H3,(H2,30,33,34,35)/t15-/m1/s1. The molecule has 0 radical (unpaired) electrons. The van der Waals surface area contributed by atoms with Crippen LogP contribution in [0.1, 0.15) is 12.2 Å². The molecule has 3 N–H and O–H groups in total. The van der Waals surface area contributed by atoms with Crippen molar-refractivity contribution < 1.29 is 36.2 Å². The second-order valence-electron chi connectivity index (χ2n) is 9.30. The summed E-state index contributed by atoms with van der Waals surface area (Å²) in [5.74, 6) is -5.16. The van der Waals surface area contributed by atoms with Gasteiger partial charge in [-0.3, -0.25) is 4.79 Å². The molecule has 0 bridgehead atoms. The lowest BCUT2D eigenvalue weighted by Crippen LogP contribution is -2.56. The van der Waals surface area contributed by atoms with Crippen LogP contribution in [0.15, 0.2) is 18.3 Å². The maximum Gasteiger partial charge on any atom is 0.406 e. The number of aromatic nitrogens is 6. The first-order valence-electron chi connectivity index (χ1n) is 12.0. The maximum absolute atomic E-state index is 15.3. The van der Waals surface area contributed by atoms with Crippen LogP contribution in [0.5, 0.6) is 0 Å². The zero-order chi connectivity index (χ0) is 29.0. The molecule has 0 saturated carbocycles. The molecule has 4 aromatic heterocycles. The zero-order valence-corrected chi connectivity index (χ0v) is 21.1. The monoisotopic (exact) mass is 571 g/mol. The Bertz CT molecular complexity index is 1600. The van der Waals surface area contributed by atoms with Gasteiger partial charge in [0, 0.05) is 13.6 Å². The van der Waals surface area contributed by atoms with Gasteiger partial charge in [0.05, 0.1) is 30.0 Å². The number of hydrogen-bond donors (Lipinski definition) is 3. The van der Waals surface area contributed by atoms with Crippen LogP contribution >= 0.6 is 0 Å². The Labute approximate surface area is 221 Å². The van der Waals surface area contributed by atoms with Crippen LogP contribution in [0.25, 0.3) is 27.9 Å². The first-order chi connectivity index (χ1) is 18.8. The Balaban J connectivity index is 1.52. The first-order valence-corrected chi connectivity index (χ1v) is 12.0. The summed E-state index contributed by atoms with van der Waals surface area (Å²) in [4.78, 5) is 25.1. The molecule has 4 aromatic rings. The molecule has 1 fully saturated rings. The molecule has 0 aliphatic carbocycles. The van der Waals surface area contributed by atoms with Crippen molar-refractivity contribution in [2.45, 2.75) is 38.0 Å². The molecular formula is C23H23F6N9O2. The van der Waals surface area contributed by atoms with Crippen LogP contribution in [0.3, 0.4) is 0 Å². The van der Waals surface area contributed by atoms with E-state index in [-0.39, 0.29) is 58.5 Å². The Morgan fingerprint density at radius 1 is 1.23 bits per heavy atom. The number of rotatable bonds is 6. The van der Waals surface area contributed by atoms with Crippen molar-refractivity contribution in [3.05, 3.63) is 30.0 Å². The fourth-order valence-electron chi connectivity index (χ4n) is 4.74. The summed E-state index contributed by atoms with van der Waals surface area (Å²) in [5, 5.41) is 18.4. The number of amides is 1. The Morgan fingerprint density at radius 2 is 1.98 bits per heavy atom. The van der Waals surface area contributed by atoms with E-state index in [1.807, 2.05) is 0 Å². The van der Waals surface area contributed by atoms with E-state index in [9.17, 15) is 26.7 Å². The molecule has 214 valence electrons. The number of alkyl halides is 5. The number of anilines is 2. The minimum Gasteiger partial charge on any atom is -0.387 e. The number of nitrogens with one attached hydrogen (secondary N) is 2. The molecule has 5 rings (SSSR count). The zero-order valence-electron chi connectivity index (χ0n) is 21.1. The van der Waals surface area contributed by atoms with Gasteiger partial charge in [0.2, 0.25) is 11.9 Å². The molecule has 0 unspecified atom stereocenters. The summed E-state index contributed by atoms with van der Waals surface area (Å²) in [6.45, 7) is -1.75. The lowest BCUT2D eigenvalue weighted by molar-refractivity contribution is -0.145. The van der Waals surface area contributed by atoms with E-state index < -0.39 is 49.6 Å². The third-order valence-electron chi connectivity index (χ3n) is 6.59. The van der Waals surface area contributed by atoms with Crippen LogP contribution < -0.4 is 10.6 Å². The van der Waals surface area contributed by atoms with Gasteiger partial charge in [-0.25, -0.2) is 27.7 Å². The summed E-state index contributed by atoms with van der Waals surface area (Å²) in [6.07, 6.45) is -3.74. The molecule has 11 nitrogen and oxygen atoms in total. The molecule has 0 aromatic carbocycles. The summed E-state index contributed by atoms with van der Waals surface area (Å²) in [7, 11) is 1.47. The van der Waals surface area contributed by atoms with Gasteiger partial charge in [0.15, 0.2) is 17.3 Å². The highest BCUT2D eigenvalue weighted by Gasteiger charge is 2.46. The van der Waals surface area contributed by atoms with Gasteiger partial charge < -0.3 is 25.2 Å². The third kappa shape index (κ3) is 4.96. The van der Waals surface area contributed by atoms with Gasteiger partial charge >= 0.3 is 6.18 Å². The molecular weight excluding hydrogens is 548 g/mol. The lowest BCUT2D eigenvalue weighted by atomic mass is 10.0. The molecule has 1 amide bonds. The van der Waals surface area contributed by atoms with E-state index in [4.69, 9.17) is 5.11 Å². The van der Waals surface area contributed by atoms with Gasteiger partial charge in [-0.1, -0.05) is 0 Å². The van der Waals surface area contributed by atoms with Gasteiger partial charge in [0.1, 0.15) is 30.0 Å². The van der Waals surface area contributed by atoms with Crippen molar-refractivity contribution in [2.75, 3.05) is 37.4 Å². The van der Waals surface area contributed by atoms with E-state index in [2.05, 4.69) is 30.7 Å². The predicted octanol–water partition coefficient (Wildman–Crippen LogP) is 2.83. The number of piperidine rings is 1. The van der Waals surface area contributed by atoms with Gasteiger partial charge in [-0.05, 0) is 25.5 Å². The minimum atomic E-state index is -4.54. The number of nitrogens with zero attached hydrogens (tertiary/aromatic N) is 7. The Hall–Kier alpha value is -4.15. The van der Waals surface area contributed by atoms with Crippen molar-refractivity contribution in [2.24, 2.45) is 0 Å². The summed E-state index contributed by atoms with van der Waals surface area (Å²) < 4.78 is 86.3. The number of hydrogen-bond acceptors (Lipinski definition) is 8. The van der Waals surface area contributed by atoms with Crippen molar-refractivity contribution in [3.63, 3.8) is 0 Å². The number of halogens is 6. The molecule has 0 spiro atoms. The van der Waals surface area contributed by atoms with E-state index in [0.29, 0.717) is 0 Å². The summed E-state index contributed by atoms with van der Waals surface area (Å²) in [5.41, 5.74) is 0.0507. The van der Waals surface area contributed by atoms with E-state index in [0.717, 1.165) is 20.2 Å². The Morgan fingerprint density at radius 3 is 2.62 bits per heavy atom. The maximum atomic E-state index is 15.3. The van der Waals surface area contributed by atoms with Crippen LogP contribution in [-0.2, 0) is 11.3 Å². The number of aliphatic hydroxyl groups is 1. The minimum absolute atomic E-state index is 0.0101. The molecule has 1 atom stereocenters. The molecule has 1 aliphatic rings. The number of fused-ring (bicyclic) bond motifs is 2. The van der Waals surface area contributed by atoms with Crippen LogP contribution in [-0.4, -0.2) is 89.9 Å². The van der Waals surface area contributed by atoms with Gasteiger partial charge in [-0.2, -0.15) is 18.2 Å². The normalized spacial score (nSPS) is 17.5. The SMILES string of the molecule is CNc1nc(N[C@@H]2CCN(C(=O)CO)CC2(F)F)nn2cc(F)c(-c3ccc4nc(C)n(CC(F)(F)F)c4n3)c12. The fraction of sp³-hybridized carbons (Fsp3) is 0.435. The molecule has 1 aliphatic heterocycles.